The Bertz CT molecular complexity index is 426. The molecule has 0 bridgehead atoms. The molecular weight excluding hydrogens is 240 g/mol. The Morgan fingerprint density at radius 2 is 2.05 bits per heavy atom. The summed E-state index contributed by atoms with van der Waals surface area (Å²) in [6.07, 6.45) is 7.90. The van der Waals surface area contributed by atoms with Crippen LogP contribution in [0.1, 0.15) is 49.5 Å². The molecule has 4 nitrogen and oxygen atoms in total. The molecule has 1 aliphatic rings. The predicted molar refractivity (Wildman–Crippen MR) is 75.4 cm³/mol. The zero-order valence-electron chi connectivity index (χ0n) is 11.4. The van der Waals surface area contributed by atoms with Crippen LogP contribution in [0.25, 0.3) is 0 Å². The lowest BCUT2D eigenvalue weighted by molar-refractivity contribution is 0.0691. The summed E-state index contributed by atoms with van der Waals surface area (Å²) in [7, 11) is 0. The third-order valence-electron chi connectivity index (χ3n) is 4.14. The van der Waals surface area contributed by atoms with E-state index in [2.05, 4.69) is 17.2 Å². The van der Waals surface area contributed by atoms with Crippen molar-refractivity contribution < 1.29 is 9.90 Å². The molecular formula is C15H22N2O2. The molecule has 4 heteroatoms. The van der Waals surface area contributed by atoms with Crippen molar-refractivity contribution in [2.75, 3.05) is 11.9 Å². The van der Waals surface area contributed by atoms with Crippen molar-refractivity contribution in [1.29, 1.82) is 0 Å². The van der Waals surface area contributed by atoms with Crippen LogP contribution in [-0.4, -0.2) is 22.6 Å². The minimum atomic E-state index is -0.974. The van der Waals surface area contributed by atoms with Crippen LogP contribution in [0, 0.1) is 11.8 Å². The van der Waals surface area contributed by atoms with Crippen molar-refractivity contribution in [3.63, 3.8) is 0 Å². The van der Waals surface area contributed by atoms with E-state index in [1.807, 2.05) is 0 Å². The molecule has 1 heterocycles. The smallest absolute Gasteiger partial charge is 0.356 e. The number of hydrogen-bond donors (Lipinski definition) is 2. The second-order valence-corrected chi connectivity index (χ2v) is 5.38. The average molecular weight is 262 g/mol. The van der Waals surface area contributed by atoms with Crippen molar-refractivity contribution in [1.82, 2.24) is 4.98 Å². The van der Waals surface area contributed by atoms with Gasteiger partial charge in [0.2, 0.25) is 0 Å². The molecule has 0 aromatic carbocycles. The number of aromatic nitrogens is 1. The lowest BCUT2D eigenvalue weighted by atomic mass is 9.81. The molecule has 1 fully saturated rings. The van der Waals surface area contributed by atoms with Gasteiger partial charge in [0.15, 0.2) is 5.69 Å². The van der Waals surface area contributed by atoms with Crippen LogP contribution in [0.3, 0.4) is 0 Å². The van der Waals surface area contributed by atoms with Gasteiger partial charge in [0.1, 0.15) is 0 Å². The Balaban J connectivity index is 1.88. The van der Waals surface area contributed by atoms with Gasteiger partial charge in [-0.3, -0.25) is 0 Å². The summed E-state index contributed by atoms with van der Waals surface area (Å²) in [5.74, 6) is 0.576. The molecule has 19 heavy (non-hydrogen) atoms. The third-order valence-corrected chi connectivity index (χ3v) is 4.14. The molecule has 0 spiro atoms. The first kappa shape index (κ1) is 13.8. The second-order valence-electron chi connectivity index (χ2n) is 5.38. The number of aromatic carboxylic acids is 1. The number of carboxylic acids is 1. The fourth-order valence-corrected chi connectivity index (χ4v) is 2.82. The van der Waals surface area contributed by atoms with E-state index in [0.717, 1.165) is 12.5 Å². The molecule has 1 saturated carbocycles. The number of nitrogens with one attached hydrogen (secondary N) is 1. The molecule has 2 rings (SSSR count). The summed E-state index contributed by atoms with van der Waals surface area (Å²) in [5, 5.41) is 12.3. The van der Waals surface area contributed by atoms with E-state index in [0.29, 0.717) is 11.6 Å². The van der Waals surface area contributed by atoms with Gasteiger partial charge in [-0.2, -0.15) is 0 Å². The summed E-state index contributed by atoms with van der Waals surface area (Å²) in [5.41, 5.74) is 0.748. The van der Waals surface area contributed by atoms with Crippen LogP contribution >= 0.6 is 0 Å². The van der Waals surface area contributed by atoms with E-state index in [4.69, 9.17) is 5.11 Å². The largest absolute Gasteiger partial charge is 0.476 e. The molecule has 1 aliphatic carbocycles. The van der Waals surface area contributed by atoms with Gasteiger partial charge in [0.25, 0.3) is 0 Å². The van der Waals surface area contributed by atoms with Crippen LogP contribution in [-0.2, 0) is 0 Å². The van der Waals surface area contributed by atoms with E-state index in [1.54, 1.807) is 12.1 Å². The first-order chi connectivity index (χ1) is 9.20. The Labute approximate surface area is 114 Å². The minimum absolute atomic E-state index is 0.116. The Hall–Kier alpha value is -1.58. The number of hydrogen-bond acceptors (Lipinski definition) is 3. The van der Waals surface area contributed by atoms with Crippen molar-refractivity contribution in [3.05, 3.63) is 24.0 Å². The van der Waals surface area contributed by atoms with Gasteiger partial charge in [0, 0.05) is 12.7 Å². The molecule has 0 aliphatic heterocycles. The summed E-state index contributed by atoms with van der Waals surface area (Å²) in [6.45, 7) is 3.11. The molecule has 1 aromatic heterocycles. The molecule has 1 aromatic rings. The maximum atomic E-state index is 11.1. The third kappa shape index (κ3) is 3.69. The quantitative estimate of drug-likeness (QED) is 0.853. The first-order valence-corrected chi connectivity index (χ1v) is 7.13. The zero-order valence-corrected chi connectivity index (χ0v) is 11.4. The molecule has 0 saturated heterocycles. The number of anilines is 1. The van der Waals surface area contributed by atoms with Gasteiger partial charge in [-0.1, -0.05) is 26.2 Å². The van der Waals surface area contributed by atoms with Crippen LogP contribution in [0.2, 0.25) is 0 Å². The lowest BCUT2D eigenvalue weighted by Crippen LogP contribution is -2.22. The van der Waals surface area contributed by atoms with Crippen LogP contribution < -0.4 is 5.32 Å². The molecule has 0 radical (unpaired) electrons. The van der Waals surface area contributed by atoms with Gasteiger partial charge in [-0.05, 0) is 36.8 Å². The summed E-state index contributed by atoms with van der Waals surface area (Å²) >= 11 is 0. The van der Waals surface area contributed by atoms with E-state index >= 15 is 0 Å². The van der Waals surface area contributed by atoms with E-state index < -0.39 is 5.97 Å². The average Bonchev–Trinajstić information content (AvgIpc) is 2.46. The van der Waals surface area contributed by atoms with Gasteiger partial charge in [-0.15, -0.1) is 0 Å². The zero-order chi connectivity index (χ0) is 13.7. The van der Waals surface area contributed by atoms with Gasteiger partial charge >= 0.3 is 5.97 Å². The normalized spacial score (nSPS) is 23.0. The van der Waals surface area contributed by atoms with E-state index in [-0.39, 0.29) is 5.69 Å². The van der Waals surface area contributed by atoms with Crippen LogP contribution in [0.5, 0.6) is 0 Å². The Morgan fingerprint density at radius 1 is 1.37 bits per heavy atom. The standard InChI is InChI=1S/C15H22N2O2/c1-2-11-5-7-12(8-6-11)10-17-13-4-3-9-16-14(13)15(18)19/h3-4,9,11-12,17H,2,5-8,10H2,1H3,(H,18,19). The van der Waals surface area contributed by atoms with E-state index in [9.17, 15) is 4.79 Å². The highest BCUT2D eigenvalue weighted by molar-refractivity contribution is 5.91. The number of nitrogens with zero attached hydrogens (tertiary/aromatic N) is 1. The van der Waals surface area contributed by atoms with Crippen molar-refractivity contribution in [3.8, 4) is 0 Å². The SMILES string of the molecule is CCC1CCC(CNc2cccnc2C(=O)O)CC1. The number of rotatable bonds is 5. The Kier molecular flexibility index (Phi) is 4.77. The summed E-state index contributed by atoms with van der Waals surface area (Å²) < 4.78 is 0. The monoisotopic (exact) mass is 262 g/mol. The second kappa shape index (κ2) is 6.55. The van der Waals surface area contributed by atoms with Gasteiger partial charge < -0.3 is 10.4 Å². The summed E-state index contributed by atoms with van der Waals surface area (Å²) in [4.78, 5) is 15.0. The topological polar surface area (TPSA) is 62.2 Å². The number of carboxylic acid groups (broad SMARTS) is 1. The fraction of sp³-hybridized carbons (Fsp3) is 0.600. The summed E-state index contributed by atoms with van der Waals surface area (Å²) in [6, 6.07) is 3.55. The first-order valence-electron chi connectivity index (χ1n) is 7.13. The van der Waals surface area contributed by atoms with Crippen molar-refractivity contribution in [2.24, 2.45) is 11.8 Å². The minimum Gasteiger partial charge on any atom is -0.476 e. The lowest BCUT2D eigenvalue weighted by Gasteiger charge is -2.28. The maximum absolute atomic E-state index is 11.1. The number of carbonyl (C=O) groups is 1. The molecule has 0 atom stereocenters. The van der Waals surface area contributed by atoms with Crippen molar-refractivity contribution in [2.45, 2.75) is 39.0 Å². The highest BCUT2D eigenvalue weighted by atomic mass is 16.4. The van der Waals surface area contributed by atoms with Crippen LogP contribution in [0.4, 0.5) is 5.69 Å². The molecule has 104 valence electrons. The van der Waals surface area contributed by atoms with Crippen molar-refractivity contribution >= 4 is 11.7 Å². The predicted octanol–water partition coefficient (Wildman–Crippen LogP) is 3.41. The highest BCUT2D eigenvalue weighted by Crippen LogP contribution is 2.30. The molecule has 0 unspecified atom stereocenters. The molecule has 0 amide bonds. The van der Waals surface area contributed by atoms with Gasteiger partial charge in [0.05, 0.1) is 5.69 Å². The Morgan fingerprint density at radius 3 is 2.68 bits per heavy atom. The van der Waals surface area contributed by atoms with E-state index in [1.165, 1.54) is 38.3 Å². The van der Waals surface area contributed by atoms with Crippen LogP contribution in [0.15, 0.2) is 18.3 Å². The van der Waals surface area contributed by atoms with Gasteiger partial charge in [-0.25, -0.2) is 9.78 Å². The highest BCUT2D eigenvalue weighted by Gasteiger charge is 2.20. The molecule has 2 N–H and O–H groups in total. The fourth-order valence-electron chi connectivity index (χ4n) is 2.82. The number of pyridine rings is 1. The maximum Gasteiger partial charge on any atom is 0.356 e.